The summed E-state index contributed by atoms with van der Waals surface area (Å²) in [5.41, 5.74) is 1.39. The first-order valence-corrected chi connectivity index (χ1v) is 4.46. The van der Waals surface area contributed by atoms with Crippen LogP contribution in [0.2, 0.25) is 5.15 Å². The minimum atomic E-state index is 0.232. The van der Waals surface area contributed by atoms with Crippen molar-refractivity contribution in [2.45, 2.75) is 6.42 Å². The molecule has 1 aliphatic rings. The highest BCUT2D eigenvalue weighted by atomic mass is 35.5. The smallest absolute Gasteiger partial charge is 0.153 e. The monoisotopic (exact) mass is 206 g/mol. The predicted molar refractivity (Wildman–Crippen MR) is 54.6 cm³/mol. The van der Waals surface area contributed by atoms with Crippen molar-refractivity contribution in [2.75, 3.05) is 12.1 Å². The van der Waals surface area contributed by atoms with Crippen LogP contribution in [-0.2, 0) is 6.42 Å². The highest BCUT2D eigenvalue weighted by molar-refractivity contribution is 6.30. The molecule has 0 aliphatic carbocycles. The zero-order valence-corrected chi connectivity index (χ0v) is 8.28. The van der Waals surface area contributed by atoms with Crippen LogP contribution in [0.4, 0.5) is 5.82 Å². The molecule has 0 aromatic carbocycles. The largest absolute Gasteiger partial charge is 0.251 e. The van der Waals surface area contributed by atoms with Crippen molar-refractivity contribution in [1.82, 2.24) is 4.98 Å². The average Bonchev–Trinajstić information content (AvgIpc) is 2.19. The van der Waals surface area contributed by atoms with Gasteiger partial charge in [-0.05, 0) is 6.07 Å². The molecule has 0 N–H and O–H groups in total. The predicted octanol–water partition coefficient (Wildman–Crippen LogP) is 1.58. The van der Waals surface area contributed by atoms with Crippen molar-refractivity contribution >= 4 is 23.6 Å². The molecule has 0 amide bonds. The Labute approximate surface area is 86.4 Å². The second-order valence-corrected chi connectivity index (χ2v) is 3.31. The maximum atomic E-state index is 8.76. The van der Waals surface area contributed by atoms with Gasteiger partial charge in [0.15, 0.2) is 5.82 Å². The Bertz CT molecular complexity index is 447. The maximum absolute atomic E-state index is 8.76. The van der Waals surface area contributed by atoms with Gasteiger partial charge in [0.1, 0.15) is 11.2 Å². The summed E-state index contributed by atoms with van der Waals surface area (Å²) in [7, 11) is 1.80. The minimum absolute atomic E-state index is 0.232. The fraction of sp³-hybridized carbons (Fsp3) is 0.222. The summed E-state index contributed by atoms with van der Waals surface area (Å²) < 4.78 is 0. The summed E-state index contributed by atoms with van der Waals surface area (Å²) in [5, 5.41) is 14.7. The molecule has 0 fully saturated rings. The van der Waals surface area contributed by atoms with E-state index in [1.807, 2.05) is 6.07 Å². The van der Waals surface area contributed by atoms with Crippen LogP contribution < -0.4 is 5.01 Å². The number of nitriles is 1. The van der Waals surface area contributed by atoms with Crippen LogP contribution in [-0.4, -0.2) is 18.2 Å². The number of hydrogen-bond donors (Lipinski definition) is 0. The normalized spacial score (nSPS) is 13.6. The number of halogens is 1. The van der Waals surface area contributed by atoms with Crippen molar-refractivity contribution < 1.29 is 0 Å². The molecule has 1 aromatic heterocycles. The first-order chi connectivity index (χ1) is 6.72. The van der Waals surface area contributed by atoms with Gasteiger partial charge in [0.2, 0.25) is 0 Å². The zero-order chi connectivity index (χ0) is 10.1. The Morgan fingerprint density at radius 1 is 1.64 bits per heavy atom. The fourth-order valence-corrected chi connectivity index (χ4v) is 1.53. The first kappa shape index (κ1) is 8.97. The van der Waals surface area contributed by atoms with Crippen LogP contribution in [0, 0.1) is 11.3 Å². The molecule has 2 heterocycles. The lowest BCUT2D eigenvalue weighted by molar-refractivity contribution is 0.938. The molecule has 1 aliphatic heterocycles. The molecule has 0 atom stereocenters. The highest BCUT2D eigenvalue weighted by Crippen LogP contribution is 2.25. The third kappa shape index (κ3) is 1.32. The molecule has 4 nitrogen and oxygen atoms in total. The first-order valence-electron chi connectivity index (χ1n) is 4.08. The molecule has 2 rings (SSSR count). The molecule has 0 bridgehead atoms. The van der Waals surface area contributed by atoms with E-state index in [-0.39, 0.29) is 5.15 Å². The van der Waals surface area contributed by atoms with Gasteiger partial charge in [0.05, 0.1) is 5.56 Å². The lowest BCUT2D eigenvalue weighted by atomic mass is 10.1. The van der Waals surface area contributed by atoms with E-state index < -0.39 is 0 Å². The molecule has 5 heteroatoms. The van der Waals surface area contributed by atoms with Gasteiger partial charge >= 0.3 is 0 Å². The van der Waals surface area contributed by atoms with Crippen molar-refractivity contribution in [3.63, 3.8) is 0 Å². The lowest BCUT2D eigenvalue weighted by Gasteiger charge is -2.19. The second-order valence-electron chi connectivity index (χ2n) is 2.95. The van der Waals surface area contributed by atoms with Crippen LogP contribution in [0.3, 0.4) is 0 Å². The van der Waals surface area contributed by atoms with E-state index in [0.29, 0.717) is 12.0 Å². The van der Waals surface area contributed by atoms with E-state index in [4.69, 9.17) is 16.9 Å². The van der Waals surface area contributed by atoms with Gasteiger partial charge in [-0.3, -0.25) is 5.01 Å². The van der Waals surface area contributed by atoms with Crippen LogP contribution in [0.1, 0.15) is 11.1 Å². The number of anilines is 1. The van der Waals surface area contributed by atoms with Crippen molar-refractivity contribution in [1.29, 1.82) is 5.26 Å². The lowest BCUT2D eigenvalue weighted by Crippen LogP contribution is -2.18. The number of hydrogen-bond acceptors (Lipinski definition) is 4. The quantitative estimate of drug-likeness (QED) is 0.606. The molecular weight excluding hydrogens is 200 g/mol. The van der Waals surface area contributed by atoms with Crippen molar-refractivity contribution in [2.24, 2.45) is 5.10 Å². The van der Waals surface area contributed by atoms with Gasteiger partial charge in [0.25, 0.3) is 0 Å². The summed E-state index contributed by atoms with van der Waals surface area (Å²) in [6.45, 7) is 0. The molecule has 0 saturated heterocycles. The van der Waals surface area contributed by atoms with Crippen LogP contribution in [0.5, 0.6) is 0 Å². The van der Waals surface area contributed by atoms with Gasteiger partial charge in [-0.2, -0.15) is 10.4 Å². The maximum Gasteiger partial charge on any atom is 0.153 e. The topological polar surface area (TPSA) is 52.3 Å². The SMILES string of the molecule is CN1N=CCc2cc(C#N)c(Cl)nc21. The number of hydrazone groups is 1. The zero-order valence-electron chi connectivity index (χ0n) is 7.53. The molecule has 70 valence electrons. The molecule has 0 saturated carbocycles. The van der Waals surface area contributed by atoms with Crippen molar-refractivity contribution in [3.8, 4) is 6.07 Å². The summed E-state index contributed by atoms with van der Waals surface area (Å²) >= 11 is 5.81. The van der Waals surface area contributed by atoms with Gasteiger partial charge in [-0.25, -0.2) is 4.98 Å². The standard InChI is InChI=1S/C9H7ClN4/c1-14-9-6(2-3-12-14)4-7(5-11)8(10)13-9/h3-4H,2H2,1H3. The molecule has 0 unspecified atom stereocenters. The molecule has 14 heavy (non-hydrogen) atoms. The van der Waals surface area contributed by atoms with E-state index >= 15 is 0 Å². The fourth-order valence-electron chi connectivity index (χ4n) is 1.35. The van der Waals surface area contributed by atoms with Crippen molar-refractivity contribution in [3.05, 3.63) is 22.3 Å². The number of pyridine rings is 1. The second kappa shape index (κ2) is 3.28. The van der Waals surface area contributed by atoms with E-state index in [9.17, 15) is 0 Å². The number of rotatable bonds is 0. The third-order valence-corrected chi connectivity index (χ3v) is 2.31. The summed E-state index contributed by atoms with van der Waals surface area (Å²) in [4.78, 5) is 4.12. The van der Waals surface area contributed by atoms with Gasteiger partial charge < -0.3 is 0 Å². The van der Waals surface area contributed by atoms with Gasteiger partial charge in [-0.1, -0.05) is 11.6 Å². The Hall–Kier alpha value is -1.60. The molecule has 0 spiro atoms. The van der Waals surface area contributed by atoms with Crippen LogP contribution in [0.15, 0.2) is 11.2 Å². The molecule has 0 radical (unpaired) electrons. The number of fused-ring (bicyclic) bond motifs is 1. The average molecular weight is 207 g/mol. The third-order valence-electron chi connectivity index (χ3n) is 2.03. The van der Waals surface area contributed by atoms with E-state index in [0.717, 1.165) is 11.4 Å². The van der Waals surface area contributed by atoms with E-state index in [1.54, 1.807) is 24.3 Å². The van der Waals surface area contributed by atoms with Gasteiger partial charge in [0, 0.05) is 25.2 Å². The summed E-state index contributed by atoms with van der Waals surface area (Å²) in [5.74, 6) is 0.719. The van der Waals surface area contributed by atoms with E-state index in [1.165, 1.54) is 0 Å². The Balaban J connectivity index is 2.59. The Morgan fingerprint density at radius 3 is 3.14 bits per heavy atom. The summed E-state index contributed by atoms with van der Waals surface area (Å²) in [6.07, 6.45) is 2.47. The highest BCUT2D eigenvalue weighted by Gasteiger charge is 2.15. The van der Waals surface area contributed by atoms with Crippen LogP contribution in [0.25, 0.3) is 0 Å². The van der Waals surface area contributed by atoms with E-state index in [2.05, 4.69) is 10.1 Å². The number of aromatic nitrogens is 1. The minimum Gasteiger partial charge on any atom is -0.251 e. The molecule has 1 aromatic rings. The Kier molecular flexibility index (Phi) is 2.10. The Morgan fingerprint density at radius 2 is 2.43 bits per heavy atom. The molecular formula is C9H7ClN4. The van der Waals surface area contributed by atoms with Gasteiger partial charge in [-0.15, -0.1) is 0 Å². The number of nitrogens with zero attached hydrogens (tertiary/aromatic N) is 4. The summed E-state index contributed by atoms with van der Waals surface area (Å²) in [6, 6.07) is 3.76. The van der Waals surface area contributed by atoms with Crippen LogP contribution >= 0.6 is 11.6 Å².